The van der Waals surface area contributed by atoms with Crippen molar-refractivity contribution in [2.45, 2.75) is 25.3 Å². The van der Waals surface area contributed by atoms with Crippen LogP contribution in [-0.4, -0.2) is 17.1 Å². The Balaban J connectivity index is 2.35. The highest BCUT2D eigenvalue weighted by Gasteiger charge is 2.28. The van der Waals surface area contributed by atoms with Gasteiger partial charge in [-0.25, -0.2) is 0 Å². The summed E-state index contributed by atoms with van der Waals surface area (Å²) in [5, 5.41) is 8.56. The first kappa shape index (κ1) is 7.50. The van der Waals surface area contributed by atoms with E-state index in [1.165, 1.54) is 0 Å². The first-order chi connectivity index (χ1) is 4.74. The maximum atomic E-state index is 10.4. The van der Waals surface area contributed by atoms with Crippen LogP contribution in [0, 0.1) is 5.92 Å². The quantitative estimate of drug-likeness (QED) is 0.367. The number of nitrogens with one attached hydrogen (secondary N) is 1. The van der Waals surface area contributed by atoms with Crippen LogP contribution >= 0.6 is 0 Å². The summed E-state index contributed by atoms with van der Waals surface area (Å²) < 4.78 is 0. The van der Waals surface area contributed by atoms with Crippen molar-refractivity contribution >= 4 is 5.97 Å². The van der Waals surface area contributed by atoms with Crippen LogP contribution in [0.15, 0.2) is 0 Å². The van der Waals surface area contributed by atoms with Crippen LogP contribution in [0.1, 0.15) is 19.3 Å². The van der Waals surface area contributed by atoms with E-state index in [9.17, 15) is 4.79 Å². The van der Waals surface area contributed by atoms with E-state index in [1.54, 1.807) is 0 Å². The molecule has 2 atom stereocenters. The van der Waals surface area contributed by atoms with E-state index in [-0.39, 0.29) is 12.0 Å². The molecule has 1 rings (SSSR count). The number of carboxylic acids is 1. The Bertz CT molecular complexity index is 138. The van der Waals surface area contributed by atoms with Gasteiger partial charge in [0, 0.05) is 6.04 Å². The fourth-order valence-electron chi connectivity index (χ4n) is 1.36. The zero-order valence-electron chi connectivity index (χ0n) is 5.71. The maximum Gasteiger partial charge on any atom is 0.306 e. The third-order valence-corrected chi connectivity index (χ3v) is 2.02. The van der Waals surface area contributed by atoms with Gasteiger partial charge in [0.25, 0.3) is 0 Å². The molecule has 1 aliphatic carbocycles. The molecule has 0 radical (unpaired) electrons. The highest BCUT2D eigenvalue weighted by molar-refractivity contribution is 5.70. The van der Waals surface area contributed by atoms with Crippen LogP contribution in [0.25, 0.3) is 0 Å². The molecular formula is C6H12N2O2. The second-order valence-corrected chi connectivity index (χ2v) is 2.71. The van der Waals surface area contributed by atoms with Crippen LogP contribution in [0.4, 0.5) is 0 Å². The van der Waals surface area contributed by atoms with Gasteiger partial charge in [-0.3, -0.25) is 16.1 Å². The third-order valence-electron chi connectivity index (χ3n) is 2.02. The van der Waals surface area contributed by atoms with Crippen molar-refractivity contribution < 1.29 is 9.90 Å². The molecule has 0 aromatic heterocycles. The van der Waals surface area contributed by atoms with E-state index < -0.39 is 5.97 Å². The second kappa shape index (κ2) is 2.98. The van der Waals surface area contributed by atoms with Crippen LogP contribution in [-0.2, 0) is 4.79 Å². The molecule has 0 unspecified atom stereocenters. The van der Waals surface area contributed by atoms with Gasteiger partial charge in [0.1, 0.15) is 0 Å². The van der Waals surface area contributed by atoms with Crippen molar-refractivity contribution in [2.24, 2.45) is 11.8 Å². The Kier molecular flexibility index (Phi) is 2.24. The predicted octanol–water partition coefficient (Wildman–Crippen LogP) is -0.297. The van der Waals surface area contributed by atoms with Crippen LogP contribution in [0.2, 0.25) is 0 Å². The molecule has 58 valence electrons. The van der Waals surface area contributed by atoms with Gasteiger partial charge < -0.3 is 5.11 Å². The summed E-state index contributed by atoms with van der Waals surface area (Å²) in [5.41, 5.74) is 2.59. The number of nitrogens with two attached hydrogens (primary N) is 1. The van der Waals surface area contributed by atoms with Crippen molar-refractivity contribution in [2.75, 3.05) is 0 Å². The van der Waals surface area contributed by atoms with Gasteiger partial charge in [0.05, 0.1) is 5.92 Å². The number of carboxylic acid groups (broad SMARTS) is 1. The Hall–Kier alpha value is -0.610. The first-order valence-corrected chi connectivity index (χ1v) is 3.43. The summed E-state index contributed by atoms with van der Waals surface area (Å²) >= 11 is 0. The van der Waals surface area contributed by atoms with Gasteiger partial charge in [-0.1, -0.05) is 0 Å². The predicted molar refractivity (Wildman–Crippen MR) is 36.1 cm³/mol. The standard InChI is InChI=1S/C6H12N2O2/c7-8-5-2-1-4(3-5)6(9)10/h4-5,8H,1-3,7H2,(H,9,10)/t4-,5+/m0/s1. The molecule has 4 N–H and O–H groups in total. The zero-order chi connectivity index (χ0) is 7.56. The van der Waals surface area contributed by atoms with Crippen molar-refractivity contribution in [1.82, 2.24) is 5.43 Å². The van der Waals surface area contributed by atoms with E-state index in [0.717, 1.165) is 12.8 Å². The van der Waals surface area contributed by atoms with Gasteiger partial charge in [-0.05, 0) is 19.3 Å². The molecule has 0 aromatic carbocycles. The molecule has 0 aliphatic heterocycles. The van der Waals surface area contributed by atoms with Crippen molar-refractivity contribution in [1.29, 1.82) is 0 Å². The fraction of sp³-hybridized carbons (Fsp3) is 0.833. The lowest BCUT2D eigenvalue weighted by molar-refractivity contribution is -0.141. The first-order valence-electron chi connectivity index (χ1n) is 3.43. The molecule has 1 aliphatic rings. The van der Waals surface area contributed by atoms with Crippen LogP contribution in [0.5, 0.6) is 0 Å². The number of aliphatic carboxylic acids is 1. The van der Waals surface area contributed by atoms with Gasteiger partial charge >= 0.3 is 5.97 Å². The fourth-order valence-corrected chi connectivity index (χ4v) is 1.36. The number of carbonyl (C=O) groups is 1. The average Bonchev–Trinajstić information content (AvgIpc) is 2.34. The van der Waals surface area contributed by atoms with Crippen molar-refractivity contribution in [3.8, 4) is 0 Å². The molecule has 4 nitrogen and oxygen atoms in total. The summed E-state index contributed by atoms with van der Waals surface area (Å²) in [6.07, 6.45) is 2.31. The monoisotopic (exact) mass is 144 g/mol. The molecule has 0 saturated heterocycles. The highest BCUT2D eigenvalue weighted by atomic mass is 16.4. The number of hydrogen-bond acceptors (Lipinski definition) is 3. The Morgan fingerprint density at radius 1 is 1.60 bits per heavy atom. The normalized spacial score (nSPS) is 32.5. The van der Waals surface area contributed by atoms with Gasteiger partial charge in [0.15, 0.2) is 0 Å². The van der Waals surface area contributed by atoms with E-state index in [0.29, 0.717) is 6.42 Å². The minimum Gasteiger partial charge on any atom is -0.481 e. The lowest BCUT2D eigenvalue weighted by Gasteiger charge is -2.05. The molecule has 0 amide bonds. The Morgan fingerprint density at radius 3 is 2.60 bits per heavy atom. The smallest absolute Gasteiger partial charge is 0.306 e. The molecule has 0 heterocycles. The molecule has 4 heteroatoms. The summed E-state index contributed by atoms with van der Waals surface area (Å²) in [4.78, 5) is 10.4. The highest BCUT2D eigenvalue weighted by Crippen LogP contribution is 2.24. The average molecular weight is 144 g/mol. The molecule has 0 bridgehead atoms. The topological polar surface area (TPSA) is 75.3 Å². The molecule has 1 saturated carbocycles. The SMILES string of the molecule is NN[C@@H]1CC[C@H](C(=O)O)C1. The lowest BCUT2D eigenvalue weighted by atomic mass is 10.1. The maximum absolute atomic E-state index is 10.4. The third kappa shape index (κ3) is 1.46. The molecule has 0 aromatic rings. The lowest BCUT2D eigenvalue weighted by Crippen LogP contribution is -2.33. The van der Waals surface area contributed by atoms with Gasteiger partial charge in [-0.2, -0.15) is 0 Å². The van der Waals surface area contributed by atoms with Crippen LogP contribution in [0.3, 0.4) is 0 Å². The molecule has 10 heavy (non-hydrogen) atoms. The van der Waals surface area contributed by atoms with Crippen molar-refractivity contribution in [3.63, 3.8) is 0 Å². The summed E-state index contributed by atoms with van der Waals surface area (Å²) in [6.45, 7) is 0. The van der Waals surface area contributed by atoms with E-state index in [1.807, 2.05) is 0 Å². The molecular weight excluding hydrogens is 132 g/mol. The molecule has 0 spiro atoms. The van der Waals surface area contributed by atoms with E-state index >= 15 is 0 Å². The minimum atomic E-state index is -0.697. The van der Waals surface area contributed by atoms with E-state index in [2.05, 4.69) is 5.43 Å². The summed E-state index contributed by atoms with van der Waals surface area (Å²) in [5.74, 6) is 4.28. The second-order valence-electron chi connectivity index (χ2n) is 2.71. The number of hydrazine groups is 1. The zero-order valence-corrected chi connectivity index (χ0v) is 5.71. The summed E-state index contributed by atoms with van der Waals surface area (Å²) in [7, 11) is 0. The number of hydrogen-bond donors (Lipinski definition) is 3. The number of rotatable bonds is 2. The van der Waals surface area contributed by atoms with E-state index in [4.69, 9.17) is 10.9 Å². The van der Waals surface area contributed by atoms with Gasteiger partial charge in [-0.15, -0.1) is 0 Å². The minimum absolute atomic E-state index is 0.180. The Labute approximate surface area is 59.4 Å². The Morgan fingerprint density at radius 2 is 2.30 bits per heavy atom. The largest absolute Gasteiger partial charge is 0.481 e. The van der Waals surface area contributed by atoms with Crippen LogP contribution < -0.4 is 11.3 Å². The van der Waals surface area contributed by atoms with Gasteiger partial charge in [0.2, 0.25) is 0 Å². The summed E-state index contributed by atoms with van der Waals surface area (Å²) in [6, 6.07) is 0.209. The molecule has 1 fully saturated rings. The van der Waals surface area contributed by atoms with Crippen molar-refractivity contribution in [3.05, 3.63) is 0 Å².